The minimum atomic E-state index is -1.39. The number of unbranched alkanes of at least 4 members (excludes halogenated alkanes) is 13. The largest absolute Gasteiger partial charge is 0.370 e. The van der Waals surface area contributed by atoms with E-state index in [9.17, 15) is 38.4 Å². The van der Waals surface area contributed by atoms with Gasteiger partial charge in [-0.1, -0.05) is 167 Å². The van der Waals surface area contributed by atoms with Gasteiger partial charge >= 0.3 is 0 Å². The Kier molecular flexibility index (Phi) is 43.7. The number of H-pyrrole nitrogens is 1. The molecule has 3 aromatic rings. The van der Waals surface area contributed by atoms with Crippen molar-refractivity contribution < 1.29 is 47.9 Å². The Labute approximate surface area is 607 Å². The molecule has 0 aliphatic carbocycles. The second-order valence-corrected chi connectivity index (χ2v) is 27.9. The molecule has 22 N–H and O–H groups in total. The van der Waals surface area contributed by atoms with Crippen LogP contribution in [0.25, 0.3) is 10.9 Å². The molecule has 10 amide bonds. The zero-order valence-corrected chi connectivity index (χ0v) is 62.1. The first kappa shape index (κ1) is 87.7. The van der Waals surface area contributed by atoms with Gasteiger partial charge in [-0.25, -0.2) is 0 Å². The Morgan fingerprint density at radius 1 is 0.480 bits per heavy atom. The standard InChI is InChI=1S/C73H122N18O10S/c1-7-9-10-11-12-13-14-15-16-17-18-19-23-37-61(92)83-47-62(93)84-54(35-28-40-80-72(76)77)65(95)88-58(43-48(3)4)69(99)86-56(36-29-41-81-73(78)79)66(96)85-55(34-26-27-39-74)67(97)90-60(45-51-46-82-53-33-25-24-32-52(51)53)70(100)87-57(38-42-102-6)68(98)89-59(44-50-30-21-20-22-31-50)71(101)91-63(64(75)94)49(5)8-2/h20-22,24-25,30-33,46,48-49,54-60,63,82H,7-19,23,26-29,34-45,47,74H2,1-6H3,(H2,75,94)(H,83,92)(H,84,93)(H,85,96)(H,86,99)(H,87,100)(H,88,95)(H,89,98)(H,90,97)(H,91,101)(H4,76,77,80)(H4,78,79,81)/t49-,54-,55-,56-,57-,58-,59-,60-,63-/m0/s1. The molecule has 102 heavy (non-hydrogen) atoms. The summed E-state index contributed by atoms with van der Waals surface area (Å²) in [7, 11) is 0. The second kappa shape index (κ2) is 50.8. The number of thioether (sulfide) groups is 1. The monoisotopic (exact) mass is 1440 g/mol. The molecule has 0 aliphatic heterocycles. The summed E-state index contributed by atoms with van der Waals surface area (Å²) in [5.74, 6) is -7.42. The summed E-state index contributed by atoms with van der Waals surface area (Å²) in [6.45, 7) is 9.52. The van der Waals surface area contributed by atoms with Crippen LogP contribution in [0.1, 0.15) is 200 Å². The van der Waals surface area contributed by atoms with Crippen LogP contribution in [0, 0.1) is 11.8 Å². The molecule has 570 valence electrons. The van der Waals surface area contributed by atoms with Crippen molar-refractivity contribution in [2.45, 2.75) is 250 Å². The first-order chi connectivity index (χ1) is 48.9. The molecule has 28 nitrogen and oxygen atoms in total. The van der Waals surface area contributed by atoms with Crippen molar-refractivity contribution >= 4 is 93.7 Å². The Bertz CT molecular complexity index is 3090. The second-order valence-electron chi connectivity index (χ2n) is 26.9. The number of nitrogens with two attached hydrogens (primary N) is 6. The van der Waals surface area contributed by atoms with Crippen LogP contribution in [-0.2, 0) is 60.8 Å². The molecule has 2 aromatic carbocycles. The number of carbonyl (C=O) groups is 10. The number of benzene rings is 2. The van der Waals surface area contributed by atoms with Gasteiger partial charge in [-0.15, -0.1) is 0 Å². The minimum Gasteiger partial charge on any atom is -0.370 e. The van der Waals surface area contributed by atoms with E-state index in [2.05, 4.69) is 69.7 Å². The van der Waals surface area contributed by atoms with Crippen molar-refractivity contribution in [1.29, 1.82) is 0 Å². The number of nitrogens with one attached hydrogen (secondary N) is 10. The van der Waals surface area contributed by atoms with Gasteiger partial charge in [0.05, 0.1) is 6.54 Å². The van der Waals surface area contributed by atoms with E-state index in [1.54, 1.807) is 43.5 Å². The number of amides is 10. The highest BCUT2D eigenvalue weighted by atomic mass is 32.2. The van der Waals surface area contributed by atoms with Crippen LogP contribution in [0.2, 0.25) is 0 Å². The SMILES string of the molecule is CCCCCCCCCCCCCCCC(=O)NCC(=O)N[C@@H](CCCN=C(N)N)C(=O)N[C@@H](CC(C)C)C(=O)N[C@@H](CCCN=C(N)N)C(=O)N[C@@H](CCCCN)C(=O)N[C@@H](Cc1c[nH]c2ccccc12)C(=O)N[C@@H](CCSC)C(=O)N[C@@H](Cc1ccccc1)C(=O)N[C@H](C(N)=O)[C@@H](C)CC. The smallest absolute Gasteiger partial charge is 0.243 e. The van der Waals surface area contributed by atoms with Gasteiger partial charge in [0.1, 0.15) is 48.3 Å². The van der Waals surface area contributed by atoms with Crippen LogP contribution in [0.4, 0.5) is 0 Å². The van der Waals surface area contributed by atoms with E-state index in [4.69, 9.17) is 34.4 Å². The van der Waals surface area contributed by atoms with Gasteiger partial charge in [-0.2, -0.15) is 11.8 Å². The number of carbonyl (C=O) groups excluding carboxylic acids is 10. The zero-order chi connectivity index (χ0) is 75.2. The van der Waals surface area contributed by atoms with E-state index in [1.165, 1.54) is 69.5 Å². The minimum absolute atomic E-state index is 0.0214. The third kappa shape index (κ3) is 35.9. The summed E-state index contributed by atoms with van der Waals surface area (Å²) in [5, 5.41) is 25.8. The molecule has 0 saturated carbocycles. The third-order valence-corrected chi connectivity index (χ3v) is 18.4. The van der Waals surface area contributed by atoms with E-state index >= 15 is 9.59 Å². The predicted molar refractivity (Wildman–Crippen MR) is 405 cm³/mol. The molecule has 0 bridgehead atoms. The number of nitrogens with zero attached hydrogens (tertiary/aromatic N) is 2. The molecular formula is C73H122N18O10S. The fourth-order valence-corrected chi connectivity index (χ4v) is 12.2. The van der Waals surface area contributed by atoms with Crippen molar-refractivity contribution in [2.75, 3.05) is 38.2 Å². The number of hydrogen-bond donors (Lipinski definition) is 16. The highest BCUT2D eigenvalue weighted by molar-refractivity contribution is 7.98. The molecule has 0 fully saturated rings. The lowest BCUT2D eigenvalue weighted by Gasteiger charge is -2.29. The zero-order valence-electron chi connectivity index (χ0n) is 61.3. The molecule has 3 rings (SSSR count). The summed E-state index contributed by atoms with van der Waals surface area (Å²) in [5.41, 5.74) is 36.2. The number of aliphatic imine (C=N–C) groups is 2. The van der Waals surface area contributed by atoms with Crippen LogP contribution in [0.15, 0.2) is 70.8 Å². The summed E-state index contributed by atoms with van der Waals surface area (Å²) in [6.07, 6.45) is 20.6. The van der Waals surface area contributed by atoms with Crippen molar-refractivity contribution in [1.82, 2.24) is 52.8 Å². The highest BCUT2D eigenvalue weighted by Crippen LogP contribution is 2.21. The molecule has 29 heteroatoms. The van der Waals surface area contributed by atoms with E-state index in [-0.39, 0.29) is 114 Å². The average molecular weight is 1440 g/mol. The Morgan fingerprint density at radius 3 is 1.44 bits per heavy atom. The van der Waals surface area contributed by atoms with E-state index < -0.39 is 108 Å². The van der Waals surface area contributed by atoms with Crippen LogP contribution in [0.5, 0.6) is 0 Å². The van der Waals surface area contributed by atoms with Gasteiger partial charge < -0.3 is 87.2 Å². The molecule has 0 saturated heterocycles. The number of aromatic amines is 1. The van der Waals surface area contributed by atoms with Gasteiger partial charge in [0.15, 0.2) is 11.9 Å². The van der Waals surface area contributed by atoms with Gasteiger partial charge in [0.25, 0.3) is 0 Å². The number of hydrogen-bond acceptors (Lipinski definition) is 14. The van der Waals surface area contributed by atoms with Crippen LogP contribution < -0.4 is 82.3 Å². The van der Waals surface area contributed by atoms with Gasteiger partial charge in [-0.3, -0.25) is 57.9 Å². The maximum absolute atomic E-state index is 15.0. The first-order valence-electron chi connectivity index (χ1n) is 36.8. The topological polar surface area (TPSA) is 476 Å². The summed E-state index contributed by atoms with van der Waals surface area (Å²) in [4.78, 5) is 153. The van der Waals surface area contributed by atoms with Gasteiger partial charge in [0, 0.05) is 49.5 Å². The number of para-hydroxylation sites is 1. The van der Waals surface area contributed by atoms with E-state index in [0.717, 1.165) is 30.2 Å². The van der Waals surface area contributed by atoms with Crippen molar-refractivity contribution in [3.05, 3.63) is 71.9 Å². The number of aromatic nitrogens is 1. The first-order valence-corrected chi connectivity index (χ1v) is 38.2. The van der Waals surface area contributed by atoms with Crippen LogP contribution in [-0.4, -0.2) is 162 Å². The Morgan fingerprint density at radius 2 is 0.931 bits per heavy atom. The normalized spacial score (nSPS) is 13.8. The lowest BCUT2D eigenvalue weighted by molar-refractivity contribution is -0.136. The van der Waals surface area contributed by atoms with E-state index in [1.807, 2.05) is 51.3 Å². The maximum atomic E-state index is 15.0. The van der Waals surface area contributed by atoms with Crippen molar-refractivity contribution in [3.63, 3.8) is 0 Å². The number of rotatable bonds is 55. The van der Waals surface area contributed by atoms with Gasteiger partial charge in [-0.05, 0) is 112 Å². The Hall–Kier alpha value is -8.47. The number of primary amides is 1. The molecule has 9 atom stereocenters. The van der Waals surface area contributed by atoms with Crippen molar-refractivity contribution in [3.8, 4) is 0 Å². The molecule has 1 heterocycles. The maximum Gasteiger partial charge on any atom is 0.243 e. The fourth-order valence-electron chi connectivity index (χ4n) is 11.7. The number of guanidine groups is 2. The molecule has 1 aromatic heterocycles. The lowest BCUT2D eigenvalue weighted by Crippen LogP contribution is -2.61. The highest BCUT2D eigenvalue weighted by Gasteiger charge is 2.36. The van der Waals surface area contributed by atoms with Crippen molar-refractivity contribution in [2.24, 2.45) is 56.2 Å². The number of fused-ring (bicyclic) bond motifs is 1. The predicted octanol–water partition coefficient (Wildman–Crippen LogP) is 4.00. The van der Waals surface area contributed by atoms with Crippen LogP contribution in [0.3, 0.4) is 0 Å². The summed E-state index contributed by atoms with van der Waals surface area (Å²) >= 11 is 1.41. The lowest BCUT2D eigenvalue weighted by atomic mass is 9.97. The average Bonchev–Trinajstić information content (AvgIpc) is 1.62. The molecule has 0 spiro atoms. The molecule has 0 aliphatic rings. The molecule has 0 unspecified atom stereocenters. The third-order valence-electron chi connectivity index (χ3n) is 17.8. The summed E-state index contributed by atoms with van der Waals surface area (Å²) < 4.78 is 0. The van der Waals surface area contributed by atoms with E-state index in [0.29, 0.717) is 42.6 Å². The fraction of sp³-hybridized carbons (Fsp3) is 0.644. The summed E-state index contributed by atoms with van der Waals surface area (Å²) in [6, 6.07) is 6.21. The molecular weight excluding hydrogens is 1320 g/mol. The van der Waals surface area contributed by atoms with Gasteiger partial charge in [0.2, 0.25) is 59.1 Å². The van der Waals surface area contributed by atoms with Crippen LogP contribution >= 0.6 is 11.8 Å². The Balaban J connectivity index is 1.92. The molecule has 0 radical (unpaired) electrons. The quantitative estimate of drug-likeness (QED) is 0.0216.